The van der Waals surface area contributed by atoms with E-state index in [1.54, 1.807) is 0 Å². The molecule has 0 aliphatic heterocycles. The summed E-state index contributed by atoms with van der Waals surface area (Å²) in [5.74, 6) is 0. The molecule has 1 aliphatic carbocycles. The Labute approximate surface area is 438 Å². The molecule has 1 aliphatic rings. The van der Waals surface area contributed by atoms with Gasteiger partial charge in [-0.1, -0.05) is 278 Å². The van der Waals surface area contributed by atoms with Gasteiger partial charge < -0.3 is 4.90 Å². The van der Waals surface area contributed by atoms with Crippen LogP contribution >= 0.6 is 0 Å². The van der Waals surface area contributed by atoms with Crippen LogP contribution < -0.4 is 4.90 Å². The first-order valence-electron chi connectivity index (χ1n) is 26.2. The van der Waals surface area contributed by atoms with E-state index in [1.807, 2.05) is 0 Å². The molecule has 0 spiro atoms. The number of para-hydroxylation sites is 2. The zero-order chi connectivity index (χ0) is 50.6. The van der Waals surface area contributed by atoms with Gasteiger partial charge >= 0.3 is 0 Å². The van der Waals surface area contributed by atoms with Crippen LogP contribution in [0.15, 0.2) is 261 Å². The van der Waals surface area contributed by atoms with Crippen LogP contribution in [0.5, 0.6) is 0 Å². The predicted molar refractivity (Wildman–Crippen MR) is 315 cm³/mol. The van der Waals surface area contributed by atoms with Gasteiger partial charge in [-0.2, -0.15) is 0 Å². The predicted octanol–water partition coefficient (Wildman–Crippen LogP) is 19.9. The molecule has 1 nitrogen and oxygen atoms in total. The third-order valence-corrected chi connectivity index (χ3v) is 15.5. The van der Waals surface area contributed by atoms with Gasteiger partial charge in [0.15, 0.2) is 0 Å². The Hall–Kier alpha value is -8.52. The van der Waals surface area contributed by atoms with Crippen LogP contribution in [0.2, 0.25) is 0 Å². The standard InChI is InChI=1S/C73H61N/c1-71(2,3)57-46-54(47-58(48-57)72(4,5)6)61-35-22-26-53-27-23-36-65(70(53)61)64-34-18-21-39-69(64)74(68-38-20-17-32-60(68)52-42-40-51(41-43-52)50-24-10-7-11-25-50)59-44-45-63-62-33-16-19-37-66(62)73(67(63)49-59,55-28-12-8-13-29-55)56-30-14-9-15-31-56/h7-49H,1-6H3. The molecule has 74 heavy (non-hydrogen) atoms. The number of anilines is 3. The second-order valence-electron chi connectivity index (χ2n) is 22.1. The van der Waals surface area contributed by atoms with Crippen molar-refractivity contribution in [2.24, 2.45) is 0 Å². The number of hydrogen-bond acceptors (Lipinski definition) is 1. The summed E-state index contributed by atoms with van der Waals surface area (Å²) < 4.78 is 0. The monoisotopic (exact) mass is 951 g/mol. The van der Waals surface area contributed by atoms with Gasteiger partial charge in [-0.25, -0.2) is 0 Å². The molecule has 0 saturated carbocycles. The van der Waals surface area contributed by atoms with E-state index in [4.69, 9.17) is 0 Å². The summed E-state index contributed by atoms with van der Waals surface area (Å²) in [7, 11) is 0. The highest BCUT2D eigenvalue weighted by molar-refractivity contribution is 6.09. The van der Waals surface area contributed by atoms with Gasteiger partial charge in [0.2, 0.25) is 0 Å². The van der Waals surface area contributed by atoms with Crippen molar-refractivity contribution >= 4 is 27.8 Å². The molecule has 0 bridgehead atoms. The lowest BCUT2D eigenvalue weighted by atomic mass is 9.67. The Morgan fingerprint density at radius 1 is 0.297 bits per heavy atom. The summed E-state index contributed by atoms with van der Waals surface area (Å²) >= 11 is 0. The normalized spacial score (nSPS) is 12.8. The Kier molecular flexibility index (Phi) is 11.6. The molecule has 11 aromatic rings. The van der Waals surface area contributed by atoms with Crippen molar-refractivity contribution in [3.05, 3.63) is 294 Å². The second kappa shape index (κ2) is 18.5. The topological polar surface area (TPSA) is 3.24 Å². The summed E-state index contributed by atoms with van der Waals surface area (Å²) in [6.45, 7) is 14.0. The lowest BCUT2D eigenvalue weighted by Gasteiger charge is -2.35. The van der Waals surface area contributed by atoms with Crippen molar-refractivity contribution < 1.29 is 0 Å². The summed E-state index contributed by atoms with van der Waals surface area (Å²) in [6, 6.07) is 97.3. The molecule has 12 rings (SSSR count). The van der Waals surface area contributed by atoms with Crippen molar-refractivity contribution in [1.82, 2.24) is 0 Å². The van der Waals surface area contributed by atoms with E-state index in [1.165, 1.54) is 83.1 Å². The van der Waals surface area contributed by atoms with Crippen molar-refractivity contribution in [3.8, 4) is 55.6 Å². The van der Waals surface area contributed by atoms with Gasteiger partial charge in [0.1, 0.15) is 0 Å². The lowest BCUT2D eigenvalue weighted by Crippen LogP contribution is -2.28. The molecule has 0 unspecified atom stereocenters. The fraction of sp³-hybridized carbons (Fsp3) is 0.123. The molecule has 0 radical (unpaired) electrons. The Morgan fingerprint density at radius 2 is 0.757 bits per heavy atom. The molecule has 0 N–H and O–H groups in total. The van der Waals surface area contributed by atoms with E-state index >= 15 is 0 Å². The van der Waals surface area contributed by atoms with Gasteiger partial charge in [-0.05, 0) is 124 Å². The molecule has 358 valence electrons. The van der Waals surface area contributed by atoms with E-state index in [9.17, 15) is 0 Å². The molecule has 1 heteroatoms. The maximum atomic E-state index is 2.54. The zero-order valence-corrected chi connectivity index (χ0v) is 43.3. The number of hydrogen-bond donors (Lipinski definition) is 0. The van der Waals surface area contributed by atoms with Crippen molar-refractivity contribution in [3.63, 3.8) is 0 Å². The highest BCUT2D eigenvalue weighted by atomic mass is 15.1. The van der Waals surface area contributed by atoms with Gasteiger partial charge in [0, 0.05) is 16.8 Å². The van der Waals surface area contributed by atoms with Crippen LogP contribution in [0.25, 0.3) is 66.4 Å². The minimum atomic E-state index is -0.569. The summed E-state index contributed by atoms with van der Waals surface area (Å²) in [5.41, 5.74) is 22.4. The van der Waals surface area contributed by atoms with Gasteiger partial charge in [-0.15, -0.1) is 0 Å². The Balaban J connectivity index is 1.13. The highest BCUT2D eigenvalue weighted by Crippen LogP contribution is 2.58. The van der Waals surface area contributed by atoms with E-state index in [0.717, 1.165) is 33.8 Å². The highest BCUT2D eigenvalue weighted by Gasteiger charge is 2.46. The molecular formula is C73H61N. The van der Waals surface area contributed by atoms with Crippen LogP contribution in [0.4, 0.5) is 17.1 Å². The second-order valence-corrected chi connectivity index (χ2v) is 22.1. The summed E-state index contributed by atoms with van der Waals surface area (Å²) in [5, 5.41) is 2.46. The third kappa shape index (κ3) is 8.05. The van der Waals surface area contributed by atoms with E-state index in [0.29, 0.717) is 0 Å². The van der Waals surface area contributed by atoms with Crippen molar-refractivity contribution in [2.75, 3.05) is 4.90 Å². The molecule has 11 aromatic carbocycles. The molecule has 0 fully saturated rings. The fourth-order valence-corrected chi connectivity index (χ4v) is 11.7. The average molecular weight is 952 g/mol. The molecular weight excluding hydrogens is 891 g/mol. The van der Waals surface area contributed by atoms with Crippen LogP contribution in [0, 0.1) is 0 Å². The van der Waals surface area contributed by atoms with Crippen molar-refractivity contribution in [1.29, 1.82) is 0 Å². The van der Waals surface area contributed by atoms with Gasteiger partial charge in [-0.3, -0.25) is 0 Å². The largest absolute Gasteiger partial charge is 0.309 e. The number of rotatable bonds is 9. The minimum Gasteiger partial charge on any atom is -0.309 e. The van der Waals surface area contributed by atoms with E-state index in [-0.39, 0.29) is 10.8 Å². The lowest BCUT2D eigenvalue weighted by molar-refractivity contribution is 0.569. The minimum absolute atomic E-state index is 0.0262. The quantitative estimate of drug-likeness (QED) is 0.139. The van der Waals surface area contributed by atoms with Gasteiger partial charge in [0.05, 0.1) is 16.8 Å². The smallest absolute Gasteiger partial charge is 0.0714 e. The zero-order valence-electron chi connectivity index (χ0n) is 43.3. The number of nitrogens with zero attached hydrogens (tertiary/aromatic N) is 1. The van der Waals surface area contributed by atoms with Crippen LogP contribution in [-0.2, 0) is 16.2 Å². The molecule has 0 atom stereocenters. The van der Waals surface area contributed by atoms with Crippen LogP contribution in [-0.4, -0.2) is 0 Å². The van der Waals surface area contributed by atoms with E-state index < -0.39 is 5.41 Å². The first kappa shape index (κ1) is 46.5. The Morgan fingerprint density at radius 3 is 1.36 bits per heavy atom. The Bertz CT molecular complexity index is 3760. The SMILES string of the molecule is CC(C)(C)c1cc(-c2cccc3cccc(-c4ccccc4N(c4ccc5c(c4)C(c4ccccc4)(c4ccccc4)c4ccccc4-5)c4ccccc4-c4ccc(-c5ccccc5)cc4)c23)cc(C(C)(C)C)c1. The van der Waals surface area contributed by atoms with Gasteiger partial charge in [0.25, 0.3) is 0 Å². The average Bonchev–Trinajstić information content (AvgIpc) is 3.75. The molecule has 0 amide bonds. The maximum Gasteiger partial charge on any atom is 0.0714 e. The first-order chi connectivity index (χ1) is 36.0. The molecule has 0 aromatic heterocycles. The number of fused-ring (bicyclic) bond motifs is 4. The summed E-state index contributed by atoms with van der Waals surface area (Å²) in [4.78, 5) is 2.54. The summed E-state index contributed by atoms with van der Waals surface area (Å²) in [6.07, 6.45) is 0. The molecule has 0 saturated heterocycles. The first-order valence-corrected chi connectivity index (χ1v) is 26.2. The fourth-order valence-electron chi connectivity index (χ4n) is 11.7. The number of benzene rings is 11. The van der Waals surface area contributed by atoms with Crippen molar-refractivity contribution in [2.45, 2.75) is 57.8 Å². The van der Waals surface area contributed by atoms with Crippen LogP contribution in [0.3, 0.4) is 0 Å². The third-order valence-electron chi connectivity index (χ3n) is 15.5. The van der Waals surface area contributed by atoms with E-state index in [2.05, 4.69) is 307 Å². The maximum absolute atomic E-state index is 2.54. The molecule has 0 heterocycles. The van der Waals surface area contributed by atoms with Crippen LogP contribution in [0.1, 0.15) is 74.9 Å².